The molecule has 6 nitrogen and oxygen atoms in total. The number of nitrogens with one attached hydrogen (secondary N) is 1. The van der Waals surface area contributed by atoms with Gasteiger partial charge in [-0.2, -0.15) is 5.10 Å². The van der Waals surface area contributed by atoms with Crippen molar-refractivity contribution < 1.29 is 9.53 Å². The fourth-order valence-electron chi connectivity index (χ4n) is 2.07. The summed E-state index contributed by atoms with van der Waals surface area (Å²) in [6.45, 7) is 1.32. The van der Waals surface area contributed by atoms with Gasteiger partial charge in [-0.05, 0) is 28.8 Å². The number of aromatic nitrogens is 3. The first-order valence-corrected chi connectivity index (χ1v) is 6.92. The normalized spacial score (nSPS) is 18.9. The van der Waals surface area contributed by atoms with E-state index in [0.717, 1.165) is 23.9 Å². The van der Waals surface area contributed by atoms with Gasteiger partial charge in [-0.25, -0.2) is 9.50 Å². The van der Waals surface area contributed by atoms with E-state index in [1.807, 2.05) is 0 Å². The number of amides is 1. The molecule has 100 valence electrons. The summed E-state index contributed by atoms with van der Waals surface area (Å²) in [5.74, 6) is -0.197. The Morgan fingerprint density at radius 2 is 2.53 bits per heavy atom. The smallest absolute Gasteiger partial charge is 0.271 e. The van der Waals surface area contributed by atoms with Gasteiger partial charge in [0, 0.05) is 31.6 Å². The van der Waals surface area contributed by atoms with E-state index in [1.54, 1.807) is 23.0 Å². The van der Waals surface area contributed by atoms with Gasteiger partial charge in [0.2, 0.25) is 0 Å². The molecule has 1 unspecified atom stereocenters. The largest absolute Gasteiger partial charge is 0.376 e. The van der Waals surface area contributed by atoms with Crippen LogP contribution in [-0.4, -0.2) is 39.8 Å². The highest BCUT2D eigenvalue weighted by Crippen LogP contribution is 2.12. The van der Waals surface area contributed by atoms with Crippen molar-refractivity contribution in [3.8, 4) is 0 Å². The predicted molar refractivity (Wildman–Crippen MR) is 72.0 cm³/mol. The highest BCUT2D eigenvalue weighted by molar-refractivity contribution is 9.10. The van der Waals surface area contributed by atoms with Crippen molar-refractivity contribution in [3.63, 3.8) is 0 Å². The van der Waals surface area contributed by atoms with Gasteiger partial charge in [-0.15, -0.1) is 0 Å². The molecule has 7 heteroatoms. The van der Waals surface area contributed by atoms with Crippen LogP contribution in [0.2, 0.25) is 0 Å². The van der Waals surface area contributed by atoms with Crippen LogP contribution in [-0.2, 0) is 4.74 Å². The molecule has 1 saturated heterocycles. The Labute approximate surface area is 118 Å². The summed E-state index contributed by atoms with van der Waals surface area (Å²) in [6.07, 6.45) is 5.63. The molecule has 1 fully saturated rings. The number of carbonyl (C=O) groups excluding carboxylic acids is 1. The first-order chi connectivity index (χ1) is 9.22. The predicted octanol–water partition coefficient (Wildman–Crippen LogP) is 1.40. The second-order valence-electron chi connectivity index (χ2n) is 4.45. The molecule has 0 aromatic carbocycles. The topological polar surface area (TPSA) is 68.5 Å². The van der Waals surface area contributed by atoms with Crippen molar-refractivity contribution in [1.29, 1.82) is 0 Å². The number of rotatable bonds is 3. The zero-order valence-corrected chi connectivity index (χ0v) is 11.8. The maximum Gasteiger partial charge on any atom is 0.271 e. The Bertz CT molecular complexity index is 607. The Morgan fingerprint density at radius 3 is 3.32 bits per heavy atom. The van der Waals surface area contributed by atoms with Gasteiger partial charge in [0.05, 0.1) is 10.6 Å². The molecule has 0 spiro atoms. The Hall–Kier alpha value is -1.47. The Morgan fingerprint density at radius 1 is 1.63 bits per heavy atom. The van der Waals surface area contributed by atoms with E-state index in [2.05, 4.69) is 31.3 Å². The molecule has 1 amide bonds. The molecular weight excluding hydrogens is 312 g/mol. The number of nitrogens with zero attached hydrogens (tertiary/aromatic N) is 3. The van der Waals surface area contributed by atoms with Crippen LogP contribution in [0, 0.1) is 0 Å². The van der Waals surface area contributed by atoms with E-state index >= 15 is 0 Å². The molecule has 0 saturated carbocycles. The zero-order chi connectivity index (χ0) is 13.2. The monoisotopic (exact) mass is 324 g/mol. The minimum absolute atomic E-state index is 0.133. The summed E-state index contributed by atoms with van der Waals surface area (Å²) in [4.78, 5) is 16.1. The van der Waals surface area contributed by atoms with E-state index in [4.69, 9.17) is 4.74 Å². The van der Waals surface area contributed by atoms with Crippen LogP contribution in [0.15, 0.2) is 22.9 Å². The molecule has 0 aliphatic carbocycles. The van der Waals surface area contributed by atoms with Crippen LogP contribution in [0.3, 0.4) is 0 Å². The third kappa shape index (κ3) is 2.76. The summed E-state index contributed by atoms with van der Waals surface area (Å²) in [7, 11) is 0. The van der Waals surface area contributed by atoms with Gasteiger partial charge in [-0.1, -0.05) is 0 Å². The maximum atomic E-state index is 12.0. The second kappa shape index (κ2) is 5.26. The molecule has 0 radical (unpaired) electrons. The average Bonchev–Trinajstić information content (AvgIpc) is 3.04. The van der Waals surface area contributed by atoms with Crippen LogP contribution in [0.25, 0.3) is 5.65 Å². The Kier molecular flexibility index (Phi) is 3.48. The molecule has 1 aliphatic heterocycles. The lowest BCUT2D eigenvalue weighted by Crippen LogP contribution is -2.32. The fraction of sp³-hybridized carbons (Fsp3) is 0.417. The first-order valence-electron chi connectivity index (χ1n) is 6.13. The second-order valence-corrected chi connectivity index (χ2v) is 5.37. The maximum absolute atomic E-state index is 12.0. The van der Waals surface area contributed by atoms with Gasteiger partial charge in [-0.3, -0.25) is 4.79 Å². The molecule has 0 bridgehead atoms. The molecule has 19 heavy (non-hydrogen) atoms. The third-order valence-corrected chi connectivity index (χ3v) is 3.44. The minimum Gasteiger partial charge on any atom is -0.376 e. The molecule has 3 rings (SSSR count). The SMILES string of the molecule is O=C(NCC1CCCO1)c1cc2ncc(Br)cn2n1. The molecule has 1 N–H and O–H groups in total. The third-order valence-electron chi connectivity index (χ3n) is 3.03. The van der Waals surface area contributed by atoms with Crippen molar-refractivity contribution in [2.24, 2.45) is 0 Å². The molecule has 2 aromatic rings. The van der Waals surface area contributed by atoms with Gasteiger partial charge in [0.1, 0.15) is 0 Å². The molecular formula is C12H13BrN4O2. The molecule has 1 atom stereocenters. The van der Waals surface area contributed by atoms with Crippen LogP contribution < -0.4 is 5.32 Å². The lowest BCUT2D eigenvalue weighted by atomic mass is 10.2. The molecule has 3 heterocycles. The van der Waals surface area contributed by atoms with Crippen LogP contribution >= 0.6 is 15.9 Å². The number of halogens is 1. The van der Waals surface area contributed by atoms with Gasteiger partial charge in [0.15, 0.2) is 11.3 Å². The van der Waals surface area contributed by atoms with Gasteiger partial charge >= 0.3 is 0 Å². The van der Waals surface area contributed by atoms with Gasteiger partial charge < -0.3 is 10.1 Å². The average molecular weight is 325 g/mol. The van der Waals surface area contributed by atoms with Crippen molar-refractivity contribution in [2.45, 2.75) is 18.9 Å². The summed E-state index contributed by atoms with van der Waals surface area (Å²) in [5, 5.41) is 7.03. The molecule has 2 aromatic heterocycles. The standard InChI is InChI=1S/C12H13BrN4O2/c13-8-5-14-11-4-10(16-17(11)7-8)12(18)15-6-9-2-1-3-19-9/h4-5,7,9H,1-3,6H2,(H,15,18). The van der Waals surface area contributed by atoms with Crippen molar-refractivity contribution in [1.82, 2.24) is 19.9 Å². The van der Waals surface area contributed by atoms with Crippen LogP contribution in [0.4, 0.5) is 0 Å². The number of hydrogen-bond acceptors (Lipinski definition) is 4. The van der Waals surface area contributed by atoms with Crippen molar-refractivity contribution in [2.75, 3.05) is 13.2 Å². The lowest BCUT2D eigenvalue weighted by Gasteiger charge is -2.09. The van der Waals surface area contributed by atoms with E-state index < -0.39 is 0 Å². The lowest BCUT2D eigenvalue weighted by molar-refractivity contribution is 0.0853. The first kappa shape index (κ1) is 12.6. The molecule has 1 aliphatic rings. The minimum atomic E-state index is -0.197. The van der Waals surface area contributed by atoms with E-state index in [1.165, 1.54) is 0 Å². The van der Waals surface area contributed by atoms with Gasteiger partial charge in [0.25, 0.3) is 5.91 Å². The highest BCUT2D eigenvalue weighted by Gasteiger charge is 2.18. The van der Waals surface area contributed by atoms with E-state index in [0.29, 0.717) is 17.9 Å². The highest BCUT2D eigenvalue weighted by atomic mass is 79.9. The number of ether oxygens (including phenoxy) is 1. The summed E-state index contributed by atoms with van der Waals surface area (Å²) < 4.78 is 7.84. The summed E-state index contributed by atoms with van der Waals surface area (Å²) in [5.41, 5.74) is 1.01. The number of fused-ring (bicyclic) bond motifs is 1. The summed E-state index contributed by atoms with van der Waals surface area (Å²) in [6, 6.07) is 1.66. The Balaban J connectivity index is 1.70. The number of carbonyl (C=O) groups is 1. The van der Waals surface area contributed by atoms with Crippen molar-refractivity contribution in [3.05, 3.63) is 28.6 Å². The number of hydrogen-bond donors (Lipinski definition) is 1. The van der Waals surface area contributed by atoms with E-state index in [-0.39, 0.29) is 12.0 Å². The fourth-order valence-corrected chi connectivity index (χ4v) is 2.36. The summed E-state index contributed by atoms with van der Waals surface area (Å²) >= 11 is 3.31. The quantitative estimate of drug-likeness (QED) is 0.926. The van der Waals surface area contributed by atoms with E-state index in [9.17, 15) is 4.79 Å². The van der Waals surface area contributed by atoms with Crippen LogP contribution in [0.5, 0.6) is 0 Å². The van der Waals surface area contributed by atoms with Crippen LogP contribution in [0.1, 0.15) is 23.3 Å². The zero-order valence-electron chi connectivity index (χ0n) is 10.2. The van der Waals surface area contributed by atoms with Crippen molar-refractivity contribution >= 4 is 27.5 Å².